The second-order valence-electron chi connectivity index (χ2n) is 6.08. The molecular weight excluding hydrogens is 324 g/mol. The molecule has 7 nitrogen and oxygen atoms in total. The van der Waals surface area contributed by atoms with Gasteiger partial charge in [0.1, 0.15) is 0 Å². The van der Waals surface area contributed by atoms with E-state index in [2.05, 4.69) is 0 Å². The van der Waals surface area contributed by atoms with Crippen LogP contribution in [0.15, 0.2) is 47.1 Å². The summed E-state index contributed by atoms with van der Waals surface area (Å²) in [5.74, 6) is -0.977. The second-order valence-corrected chi connectivity index (χ2v) is 6.08. The second kappa shape index (κ2) is 7.50. The normalized spacial score (nSPS) is 18.8. The van der Waals surface area contributed by atoms with E-state index in [0.29, 0.717) is 31.7 Å². The number of benzene rings is 1. The Labute approximate surface area is 145 Å². The molecule has 3 rings (SSSR count). The molecule has 7 heteroatoms. The van der Waals surface area contributed by atoms with E-state index in [4.69, 9.17) is 4.42 Å². The average Bonchev–Trinajstić information content (AvgIpc) is 3.06. The lowest BCUT2D eigenvalue weighted by Gasteiger charge is -2.22. The van der Waals surface area contributed by atoms with Crippen molar-refractivity contribution in [2.24, 2.45) is 0 Å². The zero-order chi connectivity index (χ0) is 17.8. The van der Waals surface area contributed by atoms with Crippen molar-refractivity contribution in [1.82, 2.24) is 9.80 Å². The highest BCUT2D eigenvalue weighted by atomic mass is 16.4. The van der Waals surface area contributed by atoms with E-state index in [0.717, 1.165) is 0 Å². The minimum absolute atomic E-state index is 0.219. The first-order valence-corrected chi connectivity index (χ1v) is 8.09. The number of rotatable bonds is 4. The van der Waals surface area contributed by atoms with Crippen molar-refractivity contribution in [2.75, 3.05) is 26.2 Å². The van der Waals surface area contributed by atoms with E-state index in [-0.39, 0.29) is 23.8 Å². The van der Waals surface area contributed by atoms with Crippen LogP contribution in [0, 0.1) is 0 Å². The van der Waals surface area contributed by atoms with E-state index in [1.54, 1.807) is 41.3 Å². The number of aliphatic hydroxyl groups excluding tert-OH is 1. The standard InChI is InChI=1S/C18H20N2O5/c21-14-11-19(10-13-4-1-2-5-15(13)18(23)24)7-8-20(12-14)17(22)16-6-3-9-25-16/h1-6,9,14,21H,7-8,10-12H2,(H,23,24)/t14-/m1/s1. The van der Waals surface area contributed by atoms with Crippen molar-refractivity contribution in [3.8, 4) is 0 Å². The molecule has 0 spiro atoms. The lowest BCUT2D eigenvalue weighted by Crippen LogP contribution is -2.37. The molecule has 1 amide bonds. The lowest BCUT2D eigenvalue weighted by molar-refractivity contribution is 0.0632. The molecule has 0 bridgehead atoms. The average molecular weight is 344 g/mol. The van der Waals surface area contributed by atoms with Gasteiger partial charge in [-0.25, -0.2) is 4.79 Å². The molecule has 0 unspecified atom stereocenters. The van der Waals surface area contributed by atoms with E-state index in [1.807, 2.05) is 4.90 Å². The van der Waals surface area contributed by atoms with E-state index in [9.17, 15) is 19.8 Å². The van der Waals surface area contributed by atoms with Crippen LogP contribution in [0.3, 0.4) is 0 Å². The summed E-state index contributed by atoms with van der Waals surface area (Å²) in [6, 6.07) is 10.1. The van der Waals surface area contributed by atoms with Gasteiger partial charge in [0, 0.05) is 32.7 Å². The number of amides is 1. The van der Waals surface area contributed by atoms with Gasteiger partial charge in [-0.1, -0.05) is 18.2 Å². The fourth-order valence-electron chi connectivity index (χ4n) is 3.05. The van der Waals surface area contributed by atoms with Crippen molar-refractivity contribution >= 4 is 11.9 Å². The highest BCUT2D eigenvalue weighted by Crippen LogP contribution is 2.15. The number of aromatic carboxylic acids is 1. The molecule has 1 atom stereocenters. The molecule has 0 radical (unpaired) electrons. The summed E-state index contributed by atoms with van der Waals surface area (Å²) in [5, 5.41) is 19.5. The molecule has 1 saturated heterocycles. The number of carbonyl (C=O) groups is 2. The highest BCUT2D eigenvalue weighted by Gasteiger charge is 2.27. The lowest BCUT2D eigenvalue weighted by atomic mass is 10.1. The van der Waals surface area contributed by atoms with Gasteiger partial charge in [-0.15, -0.1) is 0 Å². The molecule has 132 valence electrons. The van der Waals surface area contributed by atoms with Crippen LogP contribution in [-0.2, 0) is 6.54 Å². The highest BCUT2D eigenvalue weighted by molar-refractivity contribution is 5.91. The number of carboxylic acids is 1. The van der Waals surface area contributed by atoms with Gasteiger partial charge in [0.2, 0.25) is 0 Å². The molecule has 1 aliphatic rings. The van der Waals surface area contributed by atoms with Crippen LogP contribution in [0.5, 0.6) is 0 Å². The Morgan fingerprint density at radius 2 is 1.92 bits per heavy atom. The first-order valence-electron chi connectivity index (χ1n) is 8.09. The summed E-state index contributed by atoms with van der Waals surface area (Å²) in [5.41, 5.74) is 0.942. The zero-order valence-electron chi connectivity index (χ0n) is 13.7. The molecule has 1 aromatic heterocycles. The van der Waals surface area contributed by atoms with Crippen LogP contribution in [0.2, 0.25) is 0 Å². The third-order valence-corrected chi connectivity index (χ3v) is 4.25. The number of aliphatic hydroxyl groups is 1. The van der Waals surface area contributed by atoms with E-state index < -0.39 is 12.1 Å². The molecule has 2 aromatic rings. The van der Waals surface area contributed by atoms with Gasteiger partial charge in [-0.3, -0.25) is 9.69 Å². The Morgan fingerprint density at radius 3 is 2.64 bits per heavy atom. The number of β-amino-alcohol motifs (C(OH)–C–C–N with tert-alkyl or cyclic N) is 1. The quantitative estimate of drug-likeness (QED) is 0.868. The predicted molar refractivity (Wildman–Crippen MR) is 89.3 cm³/mol. The van der Waals surface area contributed by atoms with Crippen LogP contribution in [0.4, 0.5) is 0 Å². The van der Waals surface area contributed by atoms with Crippen molar-refractivity contribution in [1.29, 1.82) is 0 Å². The molecule has 1 aromatic carbocycles. The number of furan rings is 1. The third-order valence-electron chi connectivity index (χ3n) is 4.25. The maximum absolute atomic E-state index is 12.4. The minimum atomic E-state index is -0.972. The maximum atomic E-state index is 12.4. The Bertz CT molecular complexity index is 744. The van der Waals surface area contributed by atoms with Gasteiger partial charge in [0.15, 0.2) is 5.76 Å². The maximum Gasteiger partial charge on any atom is 0.336 e. The van der Waals surface area contributed by atoms with Crippen molar-refractivity contribution in [3.63, 3.8) is 0 Å². The minimum Gasteiger partial charge on any atom is -0.478 e. The SMILES string of the molecule is O=C(O)c1ccccc1CN1CCN(C(=O)c2ccco2)C[C@H](O)C1. The smallest absolute Gasteiger partial charge is 0.336 e. The summed E-state index contributed by atoms with van der Waals surface area (Å²) >= 11 is 0. The third kappa shape index (κ3) is 4.07. The molecule has 0 aliphatic carbocycles. The summed E-state index contributed by atoms with van der Waals surface area (Å²) in [6.07, 6.45) is 0.731. The number of carbonyl (C=O) groups excluding carboxylic acids is 1. The predicted octanol–water partition coefficient (Wildman–Crippen LogP) is 1.30. The first kappa shape index (κ1) is 17.2. The Hall–Kier alpha value is -2.64. The summed E-state index contributed by atoms with van der Waals surface area (Å²) in [6.45, 7) is 1.97. The number of carboxylic acid groups (broad SMARTS) is 1. The number of hydrogen-bond donors (Lipinski definition) is 2. The zero-order valence-corrected chi connectivity index (χ0v) is 13.7. The summed E-state index contributed by atoms with van der Waals surface area (Å²) in [7, 11) is 0. The first-order chi connectivity index (χ1) is 12.0. The largest absolute Gasteiger partial charge is 0.478 e. The van der Waals surface area contributed by atoms with Gasteiger partial charge < -0.3 is 19.5 Å². The van der Waals surface area contributed by atoms with Crippen LogP contribution in [0.1, 0.15) is 26.5 Å². The van der Waals surface area contributed by atoms with Crippen LogP contribution in [-0.4, -0.2) is 64.2 Å². The Kier molecular flexibility index (Phi) is 5.16. The monoisotopic (exact) mass is 344 g/mol. The van der Waals surface area contributed by atoms with Gasteiger partial charge >= 0.3 is 5.97 Å². The van der Waals surface area contributed by atoms with Gasteiger partial charge in [-0.2, -0.15) is 0 Å². The molecule has 1 fully saturated rings. The molecule has 2 N–H and O–H groups in total. The fourth-order valence-corrected chi connectivity index (χ4v) is 3.05. The van der Waals surface area contributed by atoms with E-state index in [1.165, 1.54) is 6.26 Å². The van der Waals surface area contributed by atoms with Crippen molar-refractivity contribution in [2.45, 2.75) is 12.6 Å². The van der Waals surface area contributed by atoms with Gasteiger partial charge in [0.25, 0.3) is 5.91 Å². The number of nitrogens with zero attached hydrogens (tertiary/aromatic N) is 2. The Balaban J connectivity index is 1.70. The van der Waals surface area contributed by atoms with Crippen molar-refractivity contribution < 1.29 is 24.2 Å². The van der Waals surface area contributed by atoms with Crippen LogP contribution >= 0.6 is 0 Å². The molecular formula is C18H20N2O5. The van der Waals surface area contributed by atoms with Crippen molar-refractivity contribution in [3.05, 3.63) is 59.5 Å². The topological polar surface area (TPSA) is 94.2 Å². The molecule has 0 saturated carbocycles. The summed E-state index contributed by atoms with van der Waals surface area (Å²) in [4.78, 5) is 27.3. The van der Waals surface area contributed by atoms with Gasteiger partial charge in [0.05, 0.1) is 17.9 Å². The number of hydrogen-bond acceptors (Lipinski definition) is 5. The van der Waals surface area contributed by atoms with Gasteiger partial charge in [-0.05, 0) is 23.8 Å². The fraction of sp³-hybridized carbons (Fsp3) is 0.333. The van der Waals surface area contributed by atoms with Crippen LogP contribution < -0.4 is 0 Å². The van der Waals surface area contributed by atoms with E-state index >= 15 is 0 Å². The summed E-state index contributed by atoms with van der Waals surface area (Å²) < 4.78 is 5.14. The Morgan fingerprint density at radius 1 is 1.12 bits per heavy atom. The molecule has 2 heterocycles. The van der Waals surface area contributed by atoms with Crippen LogP contribution in [0.25, 0.3) is 0 Å². The molecule has 25 heavy (non-hydrogen) atoms. The molecule has 1 aliphatic heterocycles.